The van der Waals surface area contributed by atoms with Crippen molar-refractivity contribution in [2.45, 2.75) is 6.92 Å². The van der Waals surface area contributed by atoms with Gasteiger partial charge in [0.2, 0.25) is 5.88 Å². The standard InChI is InChI=1S/C19H18N2O/c1-15-6-5-7-17(14-15)21(2)16-9-11-18(12-10-16)22-19-8-3-4-13-20-19/h3-14H,1-2H3. The second-order valence-electron chi connectivity index (χ2n) is 5.16. The molecule has 0 aliphatic carbocycles. The van der Waals surface area contributed by atoms with E-state index in [4.69, 9.17) is 4.74 Å². The summed E-state index contributed by atoms with van der Waals surface area (Å²) in [4.78, 5) is 6.31. The smallest absolute Gasteiger partial charge is 0.219 e. The fourth-order valence-corrected chi connectivity index (χ4v) is 2.25. The number of hydrogen-bond donors (Lipinski definition) is 0. The number of aryl methyl sites for hydroxylation is 1. The number of aromatic nitrogens is 1. The van der Waals surface area contributed by atoms with Gasteiger partial charge in [-0.05, 0) is 55.0 Å². The van der Waals surface area contributed by atoms with E-state index >= 15 is 0 Å². The molecular weight excluding hydrogens is 272 g/mol. The van der Waals surface area contributed by atoms with E-state index < -0.39 is 0 Å². The first-order valence-corrected chi connectivity index (χ1v) is 7.22. The average molecular weight is 290 g/mol. The van der Waals surface area contributed by atoms with Crippen molar-refractivity contribution in [2.75, 3.05) is 11.9 Å². The number of nitrogens with zero attached hydrogens (tertiary/aromatic N) is 2. The molecule has 0 bridgehead atoms. The third kappa shape index (κ3) is 3.26. The molecule has 0 aliphatic rings. The van der Waals surface area contributed by atoms with Gasteiger partial charge in [-0.1, -0.05) is 18.2 Å². The van der Waals surface area contributed by atoms with E-state index in [0.717, 1.165) is 11.4 Å². The molecule has 0 unspecified atom stereocenters. The summed E-state index contributed by atoms with van der Waals surface area (Å²) in [7, 11) is 2.06. The van der Waals surface area contributed by atoms with Gasteiger partial charge >= 0.3 is 0 Å². The van der Waals surface area contributed by atoms with Crippen LogP contribution in [0.2, 0.25) is 0 Å². The fourth-order valence-electron chi connectivity index (χ4n) is 2.25. The Morgan fingerprint density at radius 3 is 2.36 bits per heavy atom. The first kappa shape index (κ1) is 14.1. The summed E-state index contributed by atoms with van der Waals surface area (Å²) >= 11 is 0. The van der Waals surface area contributed by atoms with Crippen molar-refractivity contribution in [1.29, 1.82) is 0 Å². The molecule has 3 aromatic rings. The van der Waals surface area contributed by atoms with Crippen LogP contribution in [0.4, 0.5) is 11.4 Å². The molecule has 22 heavy (non-hydrogen) atoms. The molecule has 0 radical (unpaired) electrons. The van der Waals surface area contributed by atoms with E-state index in [0.29, 0.717) is 5.88 Å². The molecule has 3 nitrogen and oxygen atoms in total. The number of anilines is 2. The molecule has 0 saturated carbocycles. The Morgan fingerprint density at radius 1 is 0.864 bits per heavy atom. The SMILES string of the molecule is Cc1cccc(N(C)c2ccc(Oc3ccccn3)cc2)c1. The normalized spacial score (nSPS) is 10.3. The van der Waals surface area contributed by atoms with E-state index in [9.17, 15) is 0 Å². The summed E-state index contributed by atoms with van der Waals surface area (Å²) in [6.07, 6.45) is 1.72. The van der Waals surface area contributed by atoms with Crippen LogP contribution in [-0.4, -0.2) is 12.0 Å². The molecule has 1 aromatic heterocycles. The maximum Gasteiger partial charge on any atom is 0.219 e. The van der Waals surface area contributed by atoms with Gasteiger partial charge in [0.1, 0.15) is 5.75 Å². The van der Waals surface area contributed by atoms with Gasteiger partial charge in [-0.3, -0.25) is 0 Å². The monoisotopic (exact) mass is 290 g/mol. The minimum absolute atomic E-state index is 0.599. The van der Waals surface area contributed by atoms with E-state index in [-0.39, 0.29) is 0 Å². The molecule has 0 fully saturated rings. The van der Waals surface area contributed by atoms with Crippen LogP contribution in [0.25, 0.3) is 0 Å². The number of benzene rings is 2. The van der Waals surface area contributed by atoms with Crippen molar-refractivity contribution in [3.63, 3.8) is 0 Å². The number of hydrogen-bond acceptors (Lipinski definition) is 3. The molecule has 0 atom stereocenters. The molecule has 0 saturated heterocycles. The fraction of sp³-hybridized carbons (Fsp3) is 0.105. The van der Waals surface area contributed by atoms with Gasteiger partial charge in [0, 0.05) is 30.7 Å². The van der Waals surface area contributed by atoms with Crippen molar-refractivity contribution in [1.82, 2.24) is 4.98 Å². The lowest BCUT2D eigenvalue weighted by Crippen LogP contribution is -2.09. The summed E-state index contributed by atoms with van der Waals surface area (Å²) in [5, 5.41) is 0. The highest BCUT2D eigenvalue weighted by molar-refractivity contribution is 5.63. The van der Waals surface area contributed by atoms with Gasteiger partial charge in [-0.25, -0.2) is 4.98 Å². The summed E-state index contributed by atoms with van der Waals surface area (Å²) in [6.45, 7) is 2.10. The Hall–Kier alpha value is -2.81. The minimum Gasteiger partial charge on any atom is -0.439 e. The van der Waals surface area contributed by atoms with Crippen LogP contribution in [0.5, 0.6) is 11.6 Å². The lowest BCUT2D eigenvalue weighted by atomic mass is 10.2. The predicted octanol–water partition coefficient (Wildman–Crippen LogP) is 4.95. The topological polar surface area (TPSA) is 25.4 Å². The van der Waals surface area contributed by atoms with Gasteiger partial charge in [0.05, 0.1) is 0 Å². The Kier molecular flexibility index (Phi) is 4.05. The predicted molar refractivity (Wildman–Crippen MR) is 90.0 cm³/mol. The molecular formula is C19H18N2O. The van der Waals surface area contributed by atoms with Gasteiger partial charge < -0.3 is 9.64 Å². The lowest BCUT2D eigenvalue weighted by Gasteiger charge is -2.20. The third-order valence-corrected chi connectivity index (χ3v) is 3.47. The maximum atomic E-state index is 5.71. The number of ether oxygens (including phenoxy) is 1. The van der Waals surface area contributed by atoms with Crippen molar-refractivity contribution in [3.05, 3.63) is 78.5 Å². The van der Waals surface area contributed by atoms with Crippen LogP contribution >= 0.6 is 0 Å². The number of pyridine rings is 1. The third-order valence-electron chi connectivity index (χ3n) is 3.47. The van der Waals surface area contributed by atoms with E-state index in [1.54, 1.807) is 6.20 Å². The lowest BCUT2D eigenvalue weighted by molar-refractivity contribution is 0.463. The molecule has 0 spiro atoms. The zero-order valence-electron chi connectivity index (χ0n) is 12.7. The molecule has 3 heteroatoms. The van der Waals surface area contributed by atoms with E-state index in [1.807, 2.05) is 42.5 Å². The first-order valence-electron chi connectivity index (χ1n) is 7.22. The summed E-state index contributed by atoms with van der Waals surface area (Å²) in [5.74, 6) is 1.38. The van der Waals surface area contributed by atoms with E-state index in [1.165, 1.54) is 11.3 Å². The van der Waals surface area contributed by atoms with Crippen LogP contribution in [0.1, 0.15) is 5.56 Å². The quantitative estimate of drug-likeness (QED) is 0.679. The highest BCUT2D eigenvalue weighted by Crippen LogP contribution is 2.27. The molecule has 2 aromatic carbocycles. The highest BCUT2D eigenvalue weighted by atomic mass is 16.5. The second kappa shape index (κ2) is 6.31. The Labute approximate surface area is 130 Å². The average Bonchev–Trinajstić information content (AvgIpc) is 2.56. The van der Waals surface area contributed by atoms with Crippen LogP contribution in [0.3, 0.4) is 0 Å². The maximum absolute atomic E-state index is 5.71. The first-order chi connectivity index (χ1) is 10.7. The van der Waals surface area contributed by atoms with Crippen LogP contribution < -0.4 is 9.64 Å². The number of rotatable bonds is 4. The highest BCUT2D eigenvalue weighted by Gasteiger charge is 2.05. The van der Waals surface area contributed by atoms with Crippen molar-refractivity contribution < 1.29 is 4.74 Å². The van der Waals surface area contributed by atoms with E-state index in [2.05, 4.69) is 48.1 Å². The second-order valence-corrected chi connectivity index (χ2v) is 5.16. The zero-order chi connectivity index (χ0) is 15.4. The Bertz CT molecular complexity index is 739. The molecule has 110 valence electrons. The molecule has 0 amide bonds. The van der Waals surface area contributed by atoms with Crippen LogP contribution in [0.15, 0.2) is 72.9 Å². The Balaban J connectivity index is 1.76. The minimum atomic E-state index is 0.599. The van der Waals surface area contributed by atoms with Gasteiger partial charge in [-0.15, -0.1) is 0 Å². The van der Waals surface area contributed by atoms with Gasteiger partial charge in [-0.2, -0.15) is 0 Å². The molecule has 0 aliphatic heterocycles. The molecule has 1 heterocycles. The largest absolute Gasteiger partial charge is 0.439 e. The van der Waals surface area contributed by atoms with Crippen LogP contribution in [0, 0.1) is 6.92 Å². The summed E-state index contributed by atoms with van der Waals surface area (Å²) < 4.78 is 5.71. The van der Waals surface area contributed by atoms with Gasteiger partial charge in [0.25, 0.3) is 0 Å². The summed E-state index contributed by atoms with van der Waals surface area (Å²) in [5.41, 5.74) is 3.52. The summed E-state index contributed by atoms with van der Waals surface area (Å²) in [6, 6.07) is 22.0. The zero-order valence-corrected chi connectivity index (χ0v) is 12.7. The van der Waals surface area contributed by atoms with Crippen molar-refractivity contribution in [3.8, 4) is 11.6 Å². The molecule has 3 rings (SSSR count). The van der Waals surface area contributed by atoms with Crippen molar-refractivity contribution in [2.24, 2.45) is 0 Å². The van der Waals surface area contributed by atoms with Crippen LogP contribution in [-0.2, 0) is 0 Å². The molecule has 0 N–H and O–H groups in total. The van der Waals surface area contributed by atoms with Crippen molar-refractivity contribution >= 4 is 11.4 Å². The Morgan fingerprint density at radius 2 is 1.68 bits per heavy atom. The van der Waals surface area contributed by atoms with Gasteiger partial charge in [0.15, 0.2) is 0 Å².